The van der Waals surface area contributed by atoms with E-state index < -0.39 is 0 Å². The van der Waals surface area contributed by atoms with Gasteiger partial charge in [-0.2, -0.15) is 0 Å². The number of hydrogen-bond acceptors (Lipinski definition) is 0. The molecule has 0 aliphatic heterocycles. The second kappa shape index (κ2) is 15.0. The molecule has 0 aromatic heterocycles. The highest BCUT2D eigenvalue weighted by atomic mass is 14.2. The van der Waals surface area contributed by atoms with Gasteiger partial charge < -0.3 is 0 Å². The molecule has 0 N–H and O–H groups in total. The molecule has 0 radical (unpaired) electrons. The molecule has 0 amide bonds. The van der Waals surface area contributed by atoms with Gasteiger partial charge in [-0.1, -0.05) is 220 Å². The van der Waals surface area contributed by atoms with Crippen molar-refractivity contribution in [2.45, 2.75) is 13.8 Å². The molecule has 0 spiro atoms. The second-order valence-corrected chi connectivity index (χ2v) is 14.8. The lowest BCUT2D eigenvalue weighted by Gasteiger charge is -2.19. The van der Waals surface area contributed by atoms with E-state index in [2.05, 4.69) is 218 Å². The van der Waals surface area contributed by atoms with Gasteiger partial charge in [-0.15, -0.1) is 0 Å². The Morgan fingerprint density at radius 1 is 0.190 bits per heavy atom. The van der Waals surface area contributed by atoms with Crippen LogP contribution in [0.1, 0.15) is 13.8 Å². The molecular formula is C58H42. The van der Waals surface area contributed by atoms with Crippen molar-refractivity contribution in [3.8, 4) is 55.6 Å². The molecule has 0 saturated carbocycles. The fourth-order valence-electron chi connectivity index (χ4n) is 9.12. The smallest absolute Gasteiger partial charge is 0.00262 e. The zero-order valence-corrected chi connectivity index (χ0v) is 32.8. The molecule has 0 atom stereocenters. The zero-order chi connectivity index (χ0) is 39.0. The summed E-state index contributed by atoms with van der Waals surface area (Å²) in [6, 6.07) is 80.2. The van der Waals surface area contributed by atoms with Crippen molar-refractivity contribution < 1.29 is 0 Å². The molecular weight excluding hydrogens is 697 g/mol. The maximum atomic E-state index is 2.37. The zero-order valence-electron chi connectivity index (χ0n) is 32.8. The van der Waals surface area contributed by atoms with E-state index in [0.29, 0.717) is 0 Å². The highest BCUT2D eigenvalue weighted by Gasteiger charge is 2.19. The van der Waals surface area contributed by atoms with Gasteiger partial charge in [0.25, 0.3) is 0 Å². The molecule has 0 aliphatic carbocycles. The summed E-state index contributed by atoms with van der Waals surface area (Å²) in [5.41, 5.74) is 12.5. The van der Waals surface area contributed by atoms with Crippen LogP contribution in [0, 0.1) is 0 Å². The van der Waals surface area contributed by atoms with Crippen LogP contribution in [0.15, 0.2) is 218 Å². The van der Waals surface area contributed by atoms with Crippen molar-refractivity contribution >= 4 is 53.9 Å². The molecule has 274 valence electrons. The first kappa shape index (κ1) is 35.2. The molecule has 0 bridgehead atoms. The number of benzene rings is 11. The van der Waals surface area contributed by atoms with Crippen LogP contribution in [0.25, 0.3) is 109 Å². The average molecular weight is 739 g/mol. The summed E-state index contributed by atoms with van der Waals surface area (Å²) >= 11 is 0. The Hall–Kier alpha value is -7.28. The Kier molecular flexibility index (Phi) is 9.09. The van der Waals surface area contributed by atoms with Crippen LogP contribution >= 0.6 is 0 Å². The van der Waals surface area contributed by atoms with E-state index in [1.54, 1.807) is 0 Å². The van der Waals surface area contributed by atoms with E-state index in [1.165, 1.54) is 109 Å². The lowest BCUT2D eigenvalue weighted by Crippen LogP contribution is -1.92. The number of fused-ring (bicyclic) bond motifs is 5. The maximum Gasteiger partial charge on any atom is -0.00262 e. The molecule has 11 aromatic carbocycles. The number of rotatable bonds is 5. The van der Waals surface area contributed by atoms with E-state index in [1.807, 2.05) is 13.8 Å². The van der Waals surface area contributed by atoms with E-state index in [-0.39, 0.29) is 0 Å². The molecule has 11 aromatic rings. The van der Waals surface area contributed by atoms with Crippen molar-refractivity contribution in [2.24, 2.45) is 0 Å². The summed E-state index contributed by atoms with van der Waals surface area (Å²) in [5, 5.41) is 12.6. The molecule has 0 saturated heterocycles. The Morgan fingerprint density at radius 3 is 0.793 bits per heavy atom. The van der Waals surface area contributed by atoms with Crippen LogP contribution in [0.2, 0.25) is 0 Å². The maximum absolute atomic E-state index is 2.37. The van der Waals surface area contributed by atoms with Gasteiger partial charge in [0.05, 0.1) is 0 Å². The van der Waals surface area contributed by atoms with Gasteiger partial charge in [0.15, 0.2) is 0 Å². The van der Waals surface area contributed by atoms with E-state index in [0.717, 1.165) is 0 Å². The normalized spacial score (nSPS) is 11.3. The van der Waals surface area contributed by atoms with Crippen LogP contribution < -0.4 is 0 Å². The topological polar surface area (TPSA) is 0 Å². The van der Waals surface area contributed by atoms with Crippen LogP contribution in [-0.4, -0.2) is 0 Å². The van der Waals surface area contributed by atoms with E-state index in [4.69, 9.17) is 0 Å². The SMILES string of the molecule is CC.c1ccc(-c2ccc3cc(-c4c5ccccc5c(-c5ccc(-c6c7ccccc7c(-c7ccccc7)c7ccccc67)cc5)c5ccccc45)ccc3c2)cc1. The van der Waals surface area contributed by atoms with Gasteiger partial charge >= 0.3 is 0 Å². The first-order chi connectivity index (χ1) is 28.8. The molecule has 58 heavy (non-hydrogen) atoms. The minimum atomic E-state index is 1.22. The van der Waals surface area contributed by atoms with Gasteiger partial charge in [-0.05, 0) is 122 Å². The first-order valence-corrected chi connectivity index (χ1v) is 20.4. The van der Waals surface area contributed by atoms with Crippen molar-refractivity contribution in [1.82, 2.24) is 0 Å². The highest BCUT2D eigenvalue weighted by Crippen LogP contribution is 2.47. The Labute approximate surface area is 340 Å². The fourth-order valence-corrected chi connectivity index (χ4v) is 9.12. The predicted molar refractivity (Wildman–Crippen MR) is 252 cm³/mol. The predicted octanol–water partition coefficient (Wildman–Crippen LogP) is 16.8. The van der Waals surface area contributed by atoms with Crippen molar-refractivity contribution in [3.63, 3.8) is 0 Å². The lowest BCUT2D eigenvalue weighted by atomic mass is 9.84. The van der Waals surface area contributed by atoms with E-state index >= 15 is 0 Å². The summed E-state index contributed by atoms with van der Waals surface area (Å²) in [7, 11) is 0. The number of hydrogen-bond donors (Lipinski definition) is 0. The van der Waals surface area contributed by atoms with Gasteiger partial charge in [0, 0.05) is 0 Å². The Bertz CT molecular complexity index is 3150. The van der Waals surface area contributed by atoms with Crippen LogP contribution in [0.4, 0.5) is 0 Å². The first-order valence-electron chi connectivity index (χ1n) is 20.4. The van der Waals surface area contributed by atoms with Gasteiger partial charge in [0.1, 0.15) is 0 Å². The molecule has 0 heteroatoms. The van der Waals surface area contributed by atoms with Crippen molar-refractivity contribution in [1.29, 1.82) is 0 Å². The third-order valence-corrected chi connectivity index (χ3v) is 11.6. The standard InChI is InChI=1S/C56H36.C2H6/c1-3-15-37(16-4-1)41-31-32-43-36-44(34-33-42(43)35-41)56-51-25-13-11-23-49(51)55(50-24-12-14-26-52(50)56)40-29-27-39(28-30-40)54-47-21-9-7-19-45(47)53(38-17-5-2-6-18-38)46-20-8-10-22-48(46)54;1-2/h1-36H;1-2H3. The summed E-state index contributed by atoms with van der Waals surface area (Å²) in [4.78, 5) is 0. The van der Waals surface area contributed by atoms with Gasteiger partial charge in [-0.3, -0.25) is 0 Å². The molecule has 11 rings (SSSR count). The Balaban J connectivity index is 0.00000201. The average Bonchev–Trinajstić information content (AvgIpc) is 3.31. The van der Waals surface area contributed by atoms with Crippen molar-refractivity contribution in [2.75, 3.05) is 0 Å². The third-order valence-electron chi connectivity index (χ3n) is 11.6. The monoisotopic (exact) mass is 738 g/mol. The summed E-state index contributed by atoms with van der Waals surface area (Å²) in [6.07, 6.45) is 0. The minimum Gasteiger partial charge on any atom is -0.0683 e. The summed E-state index contributed by atoms with van der Waals surface area (Å²) in [6.45, 7) is 4.00. The lowest BCUT2D eigenvalue weighted by molar-refractivity contribution is 1.50. The molecule has 0 heterocycles. The van der Waals surface area contributed by atoms with Crippen LogP contribution in [0.3, 0.4) is 0 Å². The molecule has 0 unspecified atom stereocenters. The third kappa shape index (κ3) is 5.94. The largest absolute Gasteiger partial charge is 0.0683 e. The Morgan fingerprint density at radius 2 is 0.431 bits per heavy atom. The molecule has 0 aliphatic rings. The van der Waals surface area contributed by atoms with E-state index in [9.17, 15) is 0 Å². The van der Waals surface area contributed by atoms with Gasteiger partial charge in [-0.25, -0.2) is 0 Å². The van der Waals surface area contributed by atoms with Gasteiger partial charge in [0.2, 0.25) is 0 Å². The quantitative estimate of drug-likeness (QED) is 0.154. The molecule has 0 fully saturated rings. The fraction of sp³-hybridized carbons (Fsp3) is 0.0345. The van der Waals surface area contributed by atoms with Crippen LogP contribution in [0.5, 0.6) is 0 Å². The summed E-state index contributed by atoms with van der Waals surface area (Å²) < 4.78 is 0. The minimum absolute atomic E-state index is 1.22. The second-order valence-electron chi connectivity index (χ2n) is 14.8. The summed E-state index contributed by atoms with van der Waals surface area (Å²) in [5.74, 6) is 0. The molecule has 0 nitrogen and oxygen atoms in total. The van der Waals surface area contributed by atoms with Crippen molar-refractivity contribution in [3.05, 3.63) is 218 Å². The van der Waals surface area contributed by atoms with Crippen LogP contribution in [-0.2, 0) is 0 Å². The highest BCUT2D eigenvalue weighted by molar-refractivity contribution is 6.23.